The molecule has 2 heteroatoms. The van der Waals surface area contributed by atoms with Gasteiger partial charge in [-0.15, -0.1) is 0 Å². The summed E-state index contributed by atoms with van der Waals surface area (Å²) >= 11 is 0. The maximum absolute atomic E-state index is 3.45. The Morgan fingerprint density at radius 2 is 1.76 bits per heavy atom. The maximum Gasteiger partial charge on any atom is 0.0214 e. The zero-order valence-electron chi connectivity index (χ0n) is 12.5. The van der Waals surface area contributed by atoms with Gasteiger partial charge in [0.25, 0.3) is 0 Å². The first kappa shape index (κ1) is 15.0. The summed E-state index contributed by atoms with van der Waals surface area (Å²) in [5.41, 5.74) is 0. The highest BCUT2D eigenvalue weighted by molar-refractivity contribution is 4.81. The Morgan fingerprint density at radius 1 is 1.18 bits per heavy atom. The number of nitrogens with zero attached hydrogens (tertiary/aromatic N) is 1. The van der Waals surface area contributed by atoms with Crippen LogP contribution in [0, 0.1) is 11.8 Å². The SMILES string of the molecule is CCC1CCC(N(C)CC(NC)C(C)C)CC1. The second-order valence-corrected chi connectivity index (χ2v) is 6.16. The van der Waals surface area contributed by atoms with Crippen LogP contribution in [0.1, 0.15) is 52.9 Å². The van der Waals surface area contributed by atoms with Crippen LogP contribution in [0.4, 0.5) is 0 Å². The number of rotatable bonds is 6. The standard InChI is InChI=1S/C15H32N2/c1-6-13-7-9-14(10-8-13)17(5)11-15(16-4)12(2)3/h12-16H,6-11H2,1-5H3. The molecule has 0 heterocycles. The second kappa shape index (κ2) is 7.38. The van der Waals surface area contributed by atoms with Gasteiger partial charge in [0.2, 0.25) is 0 Å². The van der Waals surface area contributed by atoms with E-state index < -0.39 is 0 Å². The molecule has 17 heavy (non-hydrogen) atoms. The molecule has 1 aliphatic carbocycles. The molecule has 0 aromatic carbocycles. The molecule has 0 bridgehead atoms. The Balaban J connectivity index is 2.35. The molecular weight excluding hydrogens is 208 g/mol. The minimum atomic E-state index is 0.629. The monoisotopic (exact) mass is 240 g/mol. The van der Waals surface area contributed by atoms with Crippen molar-refractivity contribution >= 4 is 0 Å². The lowest BCUT2D eigenvalue weighted by Crippen LogP contribution is -2.45. The topological polar surface area (TPSA) is 15.3 Å². The molecule has 102 valence electrons. The molecule has 0 saturated heterocycles. The molecule has 1 saturated carbocycles. The highest BCUT2D eigenvalue weighted by atomic mass is 15.2. The van der Waals surface area contributed by atoms with Crippen molar-refractivity contribution in [1.82, 2.24) is 10.2 Å². The van der Waals surface area contributed by atoms with Crippen LogP contribution in [0.2, 0.25) is 0 Å². The molecule has 1 unspecified atom stereocenters. The third-order valence-corrected chi connectivity index (χ3v) is 4.68. The van der Waals surface area contributed by atoms with Gasteiger partial charge in [-0.05, 0) is 51.6 Å². The van der Waals surface area contributed by atoms with E-state index in [1.54, 1.807) is 0 Å². The Morgan fingerprint density at radius 3 is 2.18 bits per heavy atom. The van der Waals surface area contributed by atoms with Gasteiger partial charge < -0.3 is 10.2 Å². The molecule has 0 radical (unpaired) electrons. The van der Waals surface area contributed by atoms with E-state index in [0.717, 1.165) is 17.9 Å². The molecule has 1 fully saturated rings. The predicted octanol–water partition coefficient (Wildman–Crippen LogP) is 3.13. The first-order chi connectivity index (χ1) is 8.08. The van der Waals surface area contributed by atoms with Gasteiger partial charge in [-0.1, -0.05) is 27.2 Å². The minimum absolute atomic E-state index is 0.629. The summed E-state index contributed by atoms with van der Waals surface area (Å²) in [5, 5.41) is 3.45. The first-order valence-corrected chi connectivity index (χ1v) is 7.45. The molecule has 0 aliphatic heterocycles. The van der Waals surface area contributed by atoms with Crippen molar-refractivity contribution in [3.05, 3.63) is 0 Å². The van der Waals surface area contributed by atoms with Crippen molar-refractivity contribution in [3.63, 3.8) is 0 Å². The average Bonchev–Trinajstić information content (AvgIpc) is 2.35. The van der Waals surface area contributed by atoms with Crippen LogP contribution in [0.3, 0.4) is 0 Å². The molecule has 0 aromatic heterocycles. The highest BCUT2D eigenvalue weighted by Crippen LogP contribution is 2.29. The van der Waals surface area contributed by atoms with Crippen LogP contribution in [-0.2, 0) is 0 Å². The molecule has 1 rings (SSSR count). The van der Waals surface area contributed by atoms with Gasteiger partial charge in [-0.2, -0.15) is 0 Å². The Hall–Kier alpha value is -0.0800. The van der Waals surface area contributed by atoms with E-state index in [-0.39, 0.29) is 0 Å². The van der Waals surface area contributed by atoms with Crippen LogP contribution in [0.25, 0.3) is 0 Å². The zero-order valence-corrected chi connectivity index (χ0v) is 12.5. The quantitative estimate of drug-likeness (QED) is 0.767. The van der Waals surface area contributed by atoms with E-state index in [9.17, 15) is 0 Å². The predicted molar refractivity (Wildman–Crippen MR) is 76.4 cm³/mol. The molecule has 2 nitrogen and oxygen atoms in total. The molecule has 0 aromatic rings. The lowest BCUT2D eigenvalue weighted by Gasteiger charge is -2.37. The summed E-state index contributed by atoms with van der Waals surface area (Å²) in [7, 11) is 4.40. The summed E-state index contributed by atoms with van der Waals surface area (Å²) in [6.45, 7) is 8.14. The van der Waals surface area contributed by atoms with Crippen molar-refractivity contribution in [3.8, 4) is 0 Å². The maximum atomic E-state index is 3.45. The fourth-order valence-corrected chi connectivity index (χ4v) is 3.09. The number of hydrogen-bond donors (Lipinski definition) is 1. The summed E-state index contributed by atoms with van der Waals surface area (Å²) in [4.78, 5) is 2.59. The van der Waals surface area contributed by atoms with Gasteiger partial charge >= 0.3 is 0 Å². The van der Waals surface area contributed by atoms with Crippen LogP contribution >= 0.6 is 0 Å². The van der Waals surface area contributed by atoms with E-state index in [0.29, 0.717) is 6.04 Å². The van der Waals surface area contributed by atoms with Gasteiger partial charge in [-0.25, -0.2) is 0 Å². The first-order valence-electron chi connectivity index (χ1n) is 7.45. The third kappa shape index (κ3) is 4.59. The summed E-state index contributed by atoms with van der Waals surface area (Å²) in [6.07, 6.45) is 7.07. The minimum Gasteiger partial charge on any atom is -0.315 e. The molecule has 1 atom stereocenters. The Kier molecular flexibility index (Phi) is 6.50. The van der Waals surface area contributed by atoms with Crippen molar-refractivity contribution in [2.75, 3.05) is 20.6 Å². The van der Waals surface area contributed by atoms with Crippen LogP contribution in [0.15, 0.2) is 0 Å². The fraction of sp³-hybridized carbons (Fsp3) is 1.00. The van der Waals surface area contributed by atoms with Gasteiger partial charge in [-0.3, -0.25) is 0 Å². The molecule has 0 amide bonds. The number of hydrogen-bond acceptors (Lipinski definition) is 2. The normalized spacial score (nSPS) is 27.7. The summed E-state index contributed by atoms with van der Waals surface area (Å²) < 4.78 is 0. The van der Waals surface area contributed by atoms with E-state index in [4.69, 9.17) is 0 Å². The highest BCUT2D eigenvalue weighted by Gasteiger charge is 2.24. The number of nitrogens with one attached hydrogen (secondary N) is 1. The average molecular weight is 240 g/mol. The molecule has 1 N–H and O–H groups in total. The Bertz CT molecular complexity index is 195. The lowest BCUT2D eigenvalue weighted by molar-refractivity contribution is 0.143. The van der Waals surface area contributed by atoms with Crippen molar-refractivity contribution in [2.24, 2.45) is 11.8 Å². The zero-order chi connectivity index (χ0) is 12.8. The Labute approximate surface area is 108 Å². The smallest absolute Gasteiger partial charge is 0.0214 e. The van der Waals surface area contributed by atoms with Gasteiger partial charge in [0.15, 0.2) is 0 Å². The van der Waals surface area contributed by atoms with Gasteiger partial charge in [0.1, 0.15) is 0 Å². The fourth-order valence-electron chi connectivity index (χ4n) is 3.09. The summed E-state index contributed by atoms with van der Waals surface area (Å²) in [5.74, 6) is 1.72. The van der Waals surface area contributed by atoms with Gasteiger partial charge in [0.05, 0.1) is 0 Å². The van der Waals surface area contributed by atoms with E-state index in [1.165, 1.54) is 38.6 Å². The largest absolute Gasteiger partial charge is 0.315 e. The van der Waals surface area contributed by atoms with Crippen molar-refractivity contribution in [2.45, 2.75) is 65.0 Å². The van der Waals surface area contributed by atoms with Crippen LogP contribution in [-0.4, -0.2) is 37.6 Å². The van der Waals surface area contributed by atoms with E-state index in [1.807, 2.05) is 0 Å². The second-order valence-electron chi connectivity index (χ2n) is 6.16. The van der Waals surface area contributed by atoms with Gasteiger partial charge in [0, 0.05) is 18.6 Å². The molecular formula is C15H32N2. The van der Waals surface area contributed by atoms with Crippen molar-refractivity contribution < 1.29 is 0 Å². The van der Waals surface area contributed by atoms with E-state index >= 15 is 0 Å². The summed E-state index contributed by atoms with van der Waals surface area (Å²) in [6, 6.07) is 1.45. The number of likely N-dealkylation sites (N-methyl/N-ethyl adjacent to an activating group) is 2. The molecule has 1 aliphatic rings. The van der Waals surface area contributed by atoms with Crippen LogP contribution < -0.4 is 5.32 Å². The van der Waals surface area contributed by atoms with Crippen LogP contribution in [0.5, 0.6) is 0 Å². The lowest BCUT2D eigenvalue weighted by atomic mass is 9.84. The van der Waals surface area contributed by atoms with E-state index in [2.05, 4.69) is 45.1 Å². The third-order valence-electron chi connectivity index (χ3n) is 4.68. The van der Waals surface area contributed by atoms with Crippen molar-refractivity contribution in [1.29, 1.82) is 0 Å². The molecule has 0 spiro atoms.